The van der Waals surface area contributed by atoms with Crippen molar-refractivity contribution in [3.8, 4) is 0 Å². The summed E-state index contributed by atoms with van der Waals surface area (Å²) in [4.78, 5) is 3.55. The lowest BCUT2D eigenvalue weighted by molar-refractivity contribution is 1.15. The first-order chi connectivity index (χ1) is 12.7. The third kappa shape index (κ3) is 2.12. The number of hydrogen-bond donors (Lipinski definition) is 1. The standard InChI is InChI=1S/C24H22N2/c1-5-11-18-21(8-4)26(16(6-2)7-3)22-15-14-20-23(24(18)22)17-12-9-10-13-19(17)25-20/h5-15,25H,2,4H2,1,3H3/b11-5-,16-7+. The van der Waals surface area contributed by atoms with E-state index in [1.807, 2.05) is 19.1 Å². The van der Waals surface area contributed by atoms with Gasteiger partial charge in [-0.2, -0.15) is 0 Å². The van der Waals surface area contributed by atoms with Crippen molar-refractivity contribution >= 4 is 50.6 Å². The van der Waals surface area contributed by atoms with Gasteiger partial charge < -0.3 is 9.55 Å². The number of benzene rings is 2. The molecular weight excluding hydrogens is 316 g/mol. The minimum atomic E-state index is 1.06. The molecule has 0 fully saturated rings. The van der Waals surface area contributed by atoms with E-state index in [1.165, 1.54) is 27.2 Å². The fourth-order valence-corrected chi connectivity index (χ4v) is 3.92. The molecule has 2 heterocycles. The molecule has 2 aromatic heterocycles. The molecule has 2 aromatic carbocycles. The van der Waals surface area contributed by atoms with E-state index in [9.17, 15) is 0 Å². The first-order valence-electron chi connectivity index (χ1n) is 8.87. The molecule has 0 spiro atoms. The van der Waals surface area contributed by atoms with E-state index >= 15 is 0 Å². The number of aromatic nitrogens is 2. The molecule has 4 aromatic rings. The van der Waals surface area contributed by atoms with Crippen molar-refractivity contribution in [2.45, 2.75) is 13.8 Å². The molecule has 0 aliphatic rings. The quantitative estimate of drug-likeness (QED) is 0.387. The maximum absolute atomic E-state index is 4.09. The van der Waals surface area contributed by atoms with Crippen LogP contribution in [0.1, 0.15) is 25.1 Å². The van der Waals surface area contributed by atoms with E-state index in [4.69, 9.17) is 0 Å². The fraction of sp³-hybridized carbons (Fsp3) is 0.0833. The average molecular weight is 338 g/mol. The van der Waals surface area contributed by atoms with Crippen LogP contribution in [0.25, 0.3) is 50.6 Å². The Kier molecular flexibility index (Phi) is 3.89. The zero-order valence-electron chi connectivity index (χ0n) is 15.2. The Hall–Kier alpha value is -3.26. The Bertz CT molecular complexity index is 1230. The summed E-state index contributed by atoms with van der Waals surface area (Å²) in [6, 6.07) is 12.8. The van der Waals surface area contributed by atoms with Crippen molar-refractivity contribution in [2.24, 2.45) is 0 Å². The topological polar surface area (TPSA) is 20.7 Å². The number of rotatable bonds is 4. The molecule has 128 valence electrons. The normalized spacial score (nSPS) is 12.6. The molecule has 0 saturated heterocycles. The van der Waals surface area contributed by atoms with Crippen LogP contribution in [0.3, 0.4) is 0 Å². The summed E-state index contributed by atoms with van der Waals surface area (Å²) < 4.78 is 2.24. The highest BCUT2D eigenvalue weighted by atomic mass is 15.0. The number of para-hydroxylation sites is 1. The zero-order valence-corrected chi connectivity index (χ0v) is 15.2. The second-order valence-corrected chi connectivity index (χ2v) is 6.31. The summed E-state index contributed by atoms with van der Waals surface area (Å²) in [6.45, 7) is 12.2. The maximum atomic E-state index is 4.09. The summed E-state index contributed by atoms with van der Waals surface area (Å²) >= 11 is 0. The van der Waals surface area contributed by atoms with Gasteiger partial charge in [0.2, 0.25) is 0 Å². The second-order valence-electron chi connectivity index (χ2n) is 6.31. The van der Waals surface area contributed by atoms with Gasteiger partial charge in [-0.25, -0.2) is 0 Å². The fourth-order valence-electron chi connectivity index (χ4n) is 3.92. The Morgan fingerprint density at radius 1 is 1.00 bits per heavy atom. The molecule has 26 heavy (non-hydrogen) atoms. The lowest BCUT2D eigenvalue weighted by atomic mass is 10.0. The van der Waals surface area contributed by atoms with Crippen LogP contribution < -0.4 is 0 Å². The minimum absolute atomic E-state index is 1.06. The highest BCUT2D eigenvalue weighted by Crippen LogP contribution is 2.39. The summed E-state index contributed by atoms with van der Waals surface area (Å²) in [7, 11) is 0. The highest BCUT2D eigenvalue weighted by Gasteiger charge is 2.19. The van der Waals surface area contributed by atoms with Gasteiger partial charge in [0.15, 0.2) is 0 Å². The van der Waals surface area contributed by atoms with Crippen molar-refractivity contribution in [3.05, 3.63) is 79.0 Å². The zero-order chi connectivity index (χ0) is 18.3. The smallest absolute Gasteiger partial charge is 0.0548 e. The van der Waals surface area contributed by atoms with Crippen molar-refractivity contribution in [1.82, 2.24) is 9.55 Å². The van der Waals surface area contributed by atoms with Gasteiger partial charge in [0, 0.05) is 38.5 Å². The molecular formula is C24H22N2. The number of allylic oxidation sites excluding steroid dienone is 4. The maximum Gasteiger partial charge on any atom is 0.0548 e. The molecule has 0 atom stereocenters. The van der Waals surface area contributed by atoms with Gasteiger partial charge in [0.1, 0.15) is 0 Å². The SMILES string of the molecule is C=C/C(=C\C)n1c(C=C)c(/C=C\C)c2c3c(ccc21)[nH]c1ccccc13. The first kappa shape index (κ1) is 16.2. The van der Waals surface area contributed by atoms with E-state index in [0.717, 1.165) is 22.4 Å². The summed E-state index contributed by atoms with van der Waals surface area (Å²) in [5, 5.41) is 3.74. The predicted octanol–water partition coefficient (Wildman–Crippen LogP) is 7.00. The summed E-state index contributed by atoms with van der Waals surface area (Å²) in [5.41, 5.74) is 6.80. The van der Waals surface area contributed by atoms with Crippen LogP contribution >= 0.6 is 0 Å². The Morgan fingerprint density at radius 2 is 1.81 bits per heavy atom. The number of nitrogens with zero attached hydrogens (tertiary/aromatic N) is 1. The van der Waals surface area contributed by atoms with Crippen LogP contribution in [0.2, 0.25) is 0 Å². The molecule has 4 rings (SSSR count). The van der Waals surface area contributed by atoms with Crippen LogP contribution in [-0.4, -0.2) is 9.55 Å². The van der Waals surface area contributed by atoms with Crippen molar-refractivity contribution < 1.29 is 0 Å². The van der Waals surface area contributed by atoms with Crippen molar-refractivity contribution in [1.29, 1.82) is 0 Å². The number of hydrogen-bond acceptors (Lipinski definition) is 0. The Balaban J connectivity index is 2.33. The summed E-state index contributed by atoms with van der Waals surface area (Å²) in [6.07, 6.45) is 10.2. The molecule has 2 heteroatoms. The molecule has 0 unspecified atom stereocenters. The molecule has 0 amide bonds. The largest absolute Gasteiger partial charge is 0.354 e. The summed E-state index contributed by atoms with van der Waals surface area (Å²) in [5.74, 6) is 0. The van der Waals surface area contributed by atoms with Gasteiger partial charge in [-0.1, -0.05) is 49.6 Å². The van der Waals surface area contributed by atoms with Gasteiger partial charge in [-0.05, 0) is 44.2 Å². The number of fused-ring (bicyclic) bond motifs is 5. The van der Waals surface area contributed by atoms with Crippen LogP contribution in [0.4, 0.5) is 0 Å². The Morgan fingerprint density at radius 3 is 2.50 bits per heavy atom. The van der Waals surface area contributed by atoms with Gasteiger partial charge in [-0.3, -0.25) is 0 Å². The average Bonchev–Trinajstić information content (AvgIpc) is 3.19. The predicted molar refractivity (Wildman–Crippen MR) is 116 cm³/mol. The van der Waals surface area contributed by atoms with Gasteiger partial charge in [0.05, 0.1) is 11.2 Å². The van der Waals surface area contributed by atoms with E-state index in [0.29, 0.717) is 0 Å². The monoisotopic (exact) mass is 338 g/mol. The first-order valence-corrected chi connectivity index (χ1v) is 8.87. The number of nitrogens with one attached hydrogen (secondary N) is 1. The molecule has 0 radical (unpaired) electrons. The second kappa shape index (κ2) is 6.23. The lowest BCUT2D eigenvalue weighted by Crippen LogP contribution is -1.97. The Labute approximate surface area is 153 Å². The van der Waals surface area contributed by atoms with Crippen LogP contribution in [0.15, 0.2) is 67.8 Å². The van der Waals surface area contributed by atoms with Gasteiger partial charge in [0.25, 0.3) is 0 Å². The molecule has 2 nitrogen and oxygen atoms in total. The third-order valence-electron chi connectivity index (χ3n) is 4.97. The van der Waals surface area contributed by atoms with E-state index in [-0.39, 0.29) is 0 Å². The molecule has 0 bridgehead atoms. The van der Waals surface area contributed by atoms with Crippen molar-refractivity contribution in [3.63, 3.8) is 0 Å². The van der Waals surface area contributed by atoms with Crippen molar-refractivity contribution in [2.75, 3.05) is 0 Å². The van der Waals surface area contributed by atoms with E-state index in [2.05, 4.69) is 84.3 Å². The number of aromatic amines is 1. The lowest BCUT2D eigenvalue weighted by Gasteiger charge is -2.09. The van der Waals surface area contributed by atoms with E-state index in [1.54, 1.807) is 0 Å². The number of H-pyrrole nitrogens is 1. The molecule has 0 saturated carbocycles. The molecule has 0 aliphatic carbocycles. The van der Waals surface area contributed by atoms with Crippen LogP contribution in [0, 0.1) is 0 Å². The van der Waals surface area contributed by atoms with Crippen LogP contribution in [-0.2, 0) is 0 Å². The molecule has 1 N–H and O–H groups in total. The third-order valence-corrected chi connectivity index (χ3v) is 4.97. The van der Waals surface area contributed by atoms with E-state index < -0.39 is 0 Å². The van der Waals surface area contributed by atoms with Crippen LogP contribution in [0.5, 0.6) is 0 Å². The minimum Gasteiger partial charge on any atom is -0.354 e. The molecule has 0 aliphatic heterocycles. The van der Waals surface area contributed by atoms with Gasteiger partial charge in [-0.15, -0.1) is 0 Å². The van der Waals surface area contributed by atoms with Gasteiger partial charge >= 0.3 is 0 Å². The highest BCUT2D eigenvalue weighted by molar-refractivity contribution is 6.23.